The van der Waals surface area contributed by atoms with Crippen LogP contribution in [0.25, 0.3) is 0 Å². The van der Waals surface area contributed by atoms with Gasteiger partial charge >= 0.3 is 8.56 Å². The largest absolute Gasteiger partial charge is 0.394 e. The highest BCUT2D eigenvalue weighted by atomic mass is 28.4. The second-order valence-corrected chi connectivity index (χ2v) is 12.6. The smallest absolute Gasteiger partial charge is 0.338 e. The van der Waals surface area contributed by atoms with Crippen molar-refractivity contribution in [2.45, 2.75) is 99.1 Å². The molecule has 30 heavy (non-hydrogen) atoms. The first-order valence-electron chi connectivity index (χ1n) is 12.2. The molecule has 0 aromatic heterocycles. The molecule has 0 spiro atoms. The fraction of sp³-hybridized carbons (Fsp3) is 0.769. The Morgan fingerprint density at radius 1 is 1.10 bits per heavy atom. The van der Waals surface area contributed by atoms with Gasteiger partial charge in [-0.15, -0.1) is 0 Å². The van der Waals surface area contributed by atoms with Crippen molar-refractivity contribution in [2.24, 2.45) is 5.41 Å². The molecule has 0 saturated heterocycles. The standard InChI is InChI=1S/C26H48O3Si/c1-8-21-30(28-9-2,29-10-3)22-13-20-27-19-12-14-23(4)16-17-25-24(5)15-11-18-26(25,6)7/h11,14,18H,8-10,12-13,15-17,19-22H2,1-7H3. The van der Waals surface area contributed by atoms with E-state index in [2.05, 4.69) is 66.7 Å². The summed E-state index contributed by atoms with van der Waals surface area (Å²) in [5, 5.41) is 0. The first-order valence-corrected chi connectivity index (χ1v) is 14.4. The van der Waals surface area contributed by atoms with Crippen molar-refractivity contribution in [3.05, 3.63) is 34.9 Å². The fourth-order valence-corrected chi connectivity index (χ4v) is 7.97. The number of hydrogen-bond donors (Lipinski definition) is 0. The van der Waals surface area contributed by atoms with Crippen LogP contribution < -0.4 is 0 Å². The molecule has 174 valence electrons. The third kappa shape index (κ3) is 9.63. The van der Waals surface area contributed by atoms with Crippen LogP contribution in [0.1, 0.15) is 87.0 Å². The topological polar surface area (TPSA) is 27.7 Å². The minimum atomic E-state index is -2.03. The summed E-state index contributed by atoms with van der Waals surface area (Å²) in [6.07, 6.45) is 13.6. The zero-order valence-corrected chi connectivity index (χ0v) is 21.9. The van der Waals surface area contributed by atoms with Crippen LogP contribution in [-0.4, -0.2) is 35.0 Å². The summed E-state index contributed by atoms with van der Waals surface area (Å²) in [5.74, 6) is 0. The summed E-state index contributed by atoms with van der Waals surface area (Å²) in [6.45, 7) is 18.7. The highest BCUT2D eigenvalue weighted by Gasteiger charge is 2.35. The third-order valence-electron chi connectivity index (χ3n) is 6.07. The molecular weight excluding hydrogens is 388 g/mol. The number of hydrogen-bond acceptors (Lipinski definition) is 3. The highest BCUT2D eigenvalue weighted by Crippen LogP contribution is 2.38. The molecular formula is C26H48O3Si. The van der Waals surface area contributed by atoms with E-state index < -0.39 is 8.56 Å². The second kappa shape index (κ2) is 14.4. The summed E-state index contributed by atoms with van der Waals surface area (Å²) in [6, 6.07) is 2.12. The van der Waals surface area contributed by atoms with E-state index in [9.17, 15) is 0 Å². The predicted octanol–water partition coefficient (Wildman–Crippen LogP) is 7.74. The molecule has 0 aromatic rings. The van der Waals surface area contributed by atoms with Gasteiger partial charge in [-0.2, -0.15) is 0 Å². The van der Waals surface area contributed by atoms with Gasteiger partial charge in [-0.25, -0.2) is 0 Å². The Balaban J connectivity index is 2.30. The molecule has 0 heterocycles. The molecule has 1 rings (SSSR count). The van der Waals surface area contributed by atoms with E-state index in [1.54, 1.807) is 11.1 Å². The van der Waals surface area contributed by atoms with Gasteiger partial charge in [-0.3, -0.25) is 0 Å². The SMILES string of the molecule is CCC[Si](CCCOCCC=C(C)CCC1=C(C)CC=CC1(C)C)(OCC)OCC. The third-order valence-corrected chi connectivity index (χ3v) is 10.1. The van der Waals surface area contributed by atoms with Crippen molar-refractivity contribution < 1.29 is 13.6 Å². The van der Waals surface area contributed by atoms with Crippen LogP contribution in [-0.2, 0) is 13.6 Å². The zero-order chi connectivity index (χ0) is 22.5. The second-order valence-electron chi connectivity index (χ2n) is 9.17. The van der Waals surface area contributed by atoms with Crippen LogP contribution in [0.2, 0.25) is 12.1 Å². The van der Waals surface area contributed by atoms with Crippen molar-refractivity contribution in [3.8, 4) is 0 Å². The van der Waals surface area contributed by atoms with E-state index in [-0.39, 0.29) is 5.41 Å². The monoisotopic (exact) mass is 436 g/mol. The zero-order valence-electron chi connectivity index (χ0n) is 20.9. The van der Waals surface area contributed by atoms with Gasteiger partial charge in [0, 0.05) is 25.2 Å². The maximum absolute atomic E-state index is 6.11. The lowest BCUT2D eigenvalue weighted by molar-refractivity contribution is 0.132. The Bertz CT molecular complexity index is 558. The maximum Gasteiger partial charge on any atom is 0.338 e. The molecule has 4 heteroatoms. The molecule has 0 bridgehead atoms. The number of ether oxygens (including phenoxy) is 1. The van der Waals surface area contributed by atoms with Crippen LogP contribution >= 0.6 is 0 Å². The van der Waals surface area contributed by atoms with Gasteiger partial charge in [-0.1, -0.05) is 62.1 Å². The predicted molar refractivity (Wildman–Crippen MR) is 132 cm³/mol. The van der Waals surface area contributed by atoms with Crippen molar-refractivity contribution >= 4 is 8.56 Å². The summed E-state index contributed by atoms with van der Waals surface area (Å²) in [5.41, 5.74) is 4.87. The minimum Gasteiger partial charge on any atom is -0.394 e. The molecule has 0 atom stereocenters. The Kier molecular flexibility index (Phi) is 13.1. The Morgan fingerprint density at radius 3 is 2.40 bits per heavy atom. The first kappa shape index (κ1) is 27.4. The quantitative estimate of drug-likeness (QED) is 0.141. The Labute approximate surface area is 188 Å². The van der Waals surface area contributed by atoms with Crippen LogP contribution in [0.5, 0.6) is 0 Å². The summed E-state index contributed by atoms with van der Waals surface area (Å²) in [7, 11) is -2.03. The van der Waals surface area contributed by atoms with E-state index >= 15 is 0 Å². The van der Waals surface area contributed by atoms with E-state index in [0.717, 1.165) is 70.6 Å². The van der Waals surface area contributed by atoms with E-state index in [1.807, 2.05) is 0 Å². The lowest BCUT2D eigenvalue weighted by atomic mass is 9.75. The summed E-state index contributed by atoms with van der Waals surface area (Å²) >= 11 is 0. The maximum atomic E-state index is 6.11. The lowest BCUT2D eigenvalue weighted by Gasteiger charge is -2.30. The van der Waals surface area contributed by atoms with E-state index in [1.165, 1.54) is 12.0 Å². The number of rotatable bonds is 16. The van der Waals surface area contributed by atoms with Crippen LogP contribution in [0.4, 0.5) is 0 Å². The Hall–Kier alpha value is -0.683. The van der Waals surface area contributed by atoms with Crippen molar-refractivity contribution in [2.75, 3.05) is 26.4 Å². The van der Waals surface area contributed by atoms with Crippen molar-refractivity contribution in [1.29, 1.82) is 0 Å². The van der Waals surface area contributed by atoms with Crippen LogP contribution in [0.3, 0.4) is 0 Å². The van der Waals surface area contributed by atoms with E-state index in [4.69, 9.17) is 13.6 Å². The van der Waals surface area contributed by atoms with Crippen molar-refractivity contribution in [3.63, 3.8) is 0 Å². The molecule has 0 aliphatic heterocycles. The molecule has 1 aliphatic rings. The molecule has 0 radical (unpaired) electrons. The molecule has 3 nitrogen and oxygen atoms in total. The molecule has 1 aliphatic carbocycles. The van der Waals surface area contributed by atoms with Gasteiger partial charge in [0.1, 0.15) is 0 Å². The average molecular weight is 437 g/mol. The van der Waals surface area contributed by atoms with Gasteiger partial charge in [0.15, 0.2) is 0 Å². The molecule has 0 fully saturated rings. The molecule has 0 aromatic carbocycles. The molecule has 0 amide bonds. The van der Waals surface area contributed by atoms with Gasteiger partial charge in [-0.05, 0) is 71.9 Å². The van der Waals surface area contributed by atoms with Gasteiger partial charge in [0.25, 0.3) is 0 Å². The van der Waals surface area contributed by atoms with Gasteiger partial charge in [0.05, 0.1) is 6.61 Å². The van der Waals surface area contributed by atoms with Gasteiger partial charge < -0.3 is 13.6 Å². The molecule has 0 N–H and O–H groups in total. The number of allylic oxidation sites excluding steroid dienone is 5. The van der Waals surface area contributed by atoms with Crippen molar-refractivity contribution in [1.82, 2.24) is 0 Å². The van der Waals surface area contributed by atoms with Crippen LogP contribution in [0, 0.1) is 5.41 Å². The first-order chi connectivity index (χ1) is 14.3. The van der Waals surface area contributed by atoms with Gasteiger partial charge in [0.2, 0.25) is 0 Å². The molecule has 0 unspecified atom stereocenters. The lowest BCUT2D eigenvalue weighted by Crippen LogP contribution is -2.42. The molecule has 0 saturated carbocycles. The highest BCUT2D eigenvalue weighted by molar-refractivity contribution is 6.67. The average Bonchev–Trinajstić information content (AvgIpc) is 2.67. The summed E-state index contributed by atoms with van der Waals surface area (Å²) < 4.78 is 18.1. The van der Waals surface area contributed by atoms with Crippen LogP contribution in [0.15, 0.2) is 34.9 Å². The normalized spacial score (nSPS) is 17.1. The summed E-state index contributed by atoms with van der Waals surface area (Å²) in [4.78, 5) is 0. The Morgan fingerprint density at radius 2 is 1.80 bits per heavy atom. The fourth-order valence-electron chi connectivity index (χ4n) is 4.56. The minimum absolute atomic E-state index is 0.213. The van der Waals surface area contributed by atoms with E-state index in [0.29, 0.717) is 0 Å².